The first-order chi connectivity index (χ1) is 25.6. The molecule has 0 N–H and O–H groups in total. The molecule has 2 nitrogen and oxygen atoms in total. The van der Waals surface area contributed by atoms with Crippen molar-refractivity contribution in [3.05, 3.63) is 237 Å². The fourth-order valence-electron chi connectivity index (χ4n) is 6.42. The zero-order valence-corrected chi connectivity index (χ0v) is 29.0. The Labute approximate surface area is 305 Å². The third-order valence-electron chi connectivity index (χ3n) is 9.07. The maximum absolute atomic E-state index is 6.58. The van der Waals surface area contributed by atoms with E-state index >= 15 is 0 Å². The van der Waals surface area contributed by atoms with Crippen LogP contribution in [0.3, 0.4) is 0 Å². The number of hydrogen-bond acceptors (Lipinski definition) is 2. The van der Waals surface area contributed by atoms with E-state index in [2.05, 4.69) is 164 Å². The van der Waals surface area contributed by atoms with E-state index in [1.54, 1.807) is 6.08 Å². The van der Waals surface area contributed by atoms with Crippen LogP contribution in [0.25, 0.3) is 60.7 Å². The molecule has 0 radical (unpaired) electrons. The highest BCUT2D eigenvalue weighted by molar-refractivity contribution is 6.11. The van der Waals surface area contributed by atoms with Gasteiger partial charge in [0.15, 0.2) is 0 Å². The van der Waals surface area contributed by atoms with Gasteiger partial charge in [-0.1, -0.05) is 165 Å². The average molecular weight is 670 g/mol. The molecule has 6 aromatic carbocycles. The van der Waals surface area contributed by atoms with E-state index in [4.69, 9.17) is 4.42 Å². The Morgan fingerprint density at radius 3 is 1.87 bits per heavy atom. The molecule has 0 atom stereocenters. The predicted molar refractivity (Wildman–Crippen MR) is 225 cm³/mol. The molecule has 0 saturated heterocycles. The van der Waals surface area contributed by atoms with Gasteiger partial charge in [0.1, 0.15) is 11.2 Å². The summed E-state index contributed by atoms with van der Waals surface area (Å²) in [7, 11) is 0. The lowest BCUT2D eigenvalue weighted by Gasteiger charge is -2.17. The van der Waals surface area contributed by atoms with E-state index in [-0.39, 0.29) is 0 Å². The topological polar surface area (TPSA) is 16.4 Å². The smallest absolute Gasteiger partial charge is 0.142 e. The van der Waals surface area contributed by atoms with Gasteiger partial charge < -0.3 is 9.32 Å². The SMILES string of the molecule is C=C/C=C\C(=C\c1cccc2c1oc1cc3ccccc3cc12)N(/C=C/C=C(\C=C)c1ccccc1)/C=C/C=C(\C=C)c1ccc2ccccc2c1. The Kier molecular flexibility index (Phi) is 10.2. The normalized spacial score (nSPS) is 13.0. The average Bonchev–Trinajstić information content (AvgIpc) is 3.56. The van der Waals surface area contributed by atoms with Crippen LogP contribution in [-0.2, 0) is 0 Å². The molecule has 0 aliphatic rings. The summed E-state index contributed by atoms with van der Waals surface area (Å²) in [6.45, 7) is 12.2. The molecule has 0 spiro atoms. The first-order valence-corrected chi connectivity index (χ1v) is 17.3. The molecule has 0 fully saturated rings. The minimum atomic E-state index is 0.841. The van der Waals surface area contributed by atoms with Crippen molar-refractivity contribution in [2.24, 2.45) is 0 Å². The highest BCUT2D eigenvalue weighted by atomic mass is 16.3. The second-order valence-corrected chi connectivity index (χ2v) is 12.4. The van der Waals surface area contributed by atoms with Gasteiger partial charge in [0.2, 0.25) is 0 Å². The molecular formula is C50H39NO. The van der Waals surface area contributed by atoms with Crippen LogP contribution in [0.4, 0.5) is 0 Å². The predicted octanol–water partition coefficient (Wildman–Crippen LogP) is 13.8. The van der Waals surface area contributed by atoms with Crippen molar-refractivity contribution in [3.8, 4) is 0 Å². The first kappa shape index (κ1) is 33.6. The lowest BCUT2D eigenvalue weighted by atomic mass is 10.0. The second-order valence-electron chi connectivity index (χ2n) is 12.4. The molecule has 0 amide bonds. The maximum Gasteiger partial charge on any atom is 0.142 e. The molecule has 2 heteroatoms. The van der Waals surface area contributed by atoms with Gasteiger partial charge >= 0.3 is 0 Å². The Bertz CT molecular complexity index is 2620. The number of rotatable bonds is 12. The molecule has 0 unspecified atom stereocenters. The summed E-state index contributed by atoms with van der Waals surface area (Å²) in [5, 5.41) is 6.92. The van der Waals surface area contributed by atoms with Gasteiger partial charge in [-0.2, -0.15) is 0 Å². The van der Waals surface area contributed by atoms with Crippen molar-refractivity contribution in [2.45, 2.75) is 0 Å². The fraction of sp³-hybridized carbons (Fsp3) is 0. The minimum Gasteiger partial charge on any atom is -0.455 e. The van der Waals surface area contributed by atoms with E-state index in [1.807, 2.05) is 54.8 Å². The van der Waals surface area contributed by atoms with E-state index in [9.17, 15) is 0 Å². The number of furan rings is 1. The number of fused-ring (bicyclic) bond motifs is 5. The van der Waals surface area contributed by atoms with Crippen LogP contribution in [0, 0.1) is 0 Å². The number of allylic oxidation sites excluding steroid dienone is 11. The lowest BCUT2D eigenvalue weighted by molar-refractivity contribution is 0.654. The third-order valence-corrected chi connectivity index (χ3v) is 9.07. The van der Waals surface area contributed by atoms with Crippen LogP contribution in [0.2, 0.25) is 0 Å². The molecule has 250 valence electrons. The highest BCUT2D eigenvalue weighted by Gasteiger charge is 2.12. The maximum atomic E-state index is 6.58. The van der Waals surface area contributed by atoms with Crippen LogP contribution >= 0.6 is 0 Å². The summed E-state index contributed by atoms with van der Waals surface area (Å²) in [5.41, 5.74) is 7.85. The molecule has 1 heterocycles. The minimum absolute atomic E-state index is 0.841. The zero-order chi connectivity index (χ0) is 35.7. The monoisotopic (exact) mass is 669 g/mol. The van der Waals surface area contributed by atoms with Gasteiger partial charge in [0.05, 0.1) is 0 Å². The molecule has 0 aliphatic heterocycles. The summed E-state index contributed by atoms with van der Waals surface area (Å²) in [5.74, 6) is 0. The number of hydrogen-bond donors (Lipinski definition) is 0. The Morgan fingerprint density at radius 1 is 0.538 bits per heavy atom. The highest BCUT2D eigenvalue weighted by Crippen LogP contribution is 2.35. The standard InChI is InChI=1S/C50H39NO/c1-4-7-27-46(34-45-24-15-28-47-48-35-42-22-13-14-23-43(42)36-49(48)52-50(45)47)51(31-16-25-37(5-2)39-18-9-8-10-19-39)32-17-26-38(6-3)44-30-29-40-20-11-12-21-41(40)33-44/h4-36H,1-3H2/b27-7-,31-16+,32-17+,37-25+,38-26+,46-34-. The van der Waals surface area contributed by atoms with Crippen LogP contribution in [0.15, 0.2) is 224 Å². The molecule has 7 rings (SSSR count). The van der Waals surface area contributed by atoms with Crippen molar-refractivity contribution in [3.63, 3.8) is 0 Å². The van der Waals surface area contributed by atoms with Crippen LogP contribution in [-0.4, -0.2) is 4.90 Å². The number of benzene rings is 6. The Balaban J connectivity index is 1.33. The summed E-state index contributed by atoms with van der Waals surface area (Å²) in [6.07, 6.45) is 24.1. The van der Waals surface area contributed by atoms with Crippen molar-refractivity contribution in [1.82, 2.24) is 4.90 Å². The zero-order valence-electron chi connectivity index (χ0n) is 29.0. The van der Waals surface area contributed by atoms with Gasteiger partial charge in [0, 0.05) is 34.4 Å². The molecular weight excluding hydrogens is 631 g/mol. The van der Waals surface area contributed by atoms with Crippen LogP contribution in [0.5, 0.6) is 0 Å². The number of para-hydroxylation sites is 1. The molecule has 7 aromatic rings. The van der Waals surface area contributed by atoms with Gasteiger partial charge in [-0.25, -0.2) is 0 Å². The quantitative estimate of drug-likeness (QED) is 0.120. The van der Waals surface area contributed by atoms with Crippen LogP contribution in [0.1, 0.15) is 16.7 Å². The molecule has 0 aliphatic carbocycles. The molecule has 0 bridgehead atoms. The second kappa shape index (κ2) is 15.8. The van der Waals surface area contributed by atoms with Crippen molar-refractivity contribution in [2.75, 3.05) is 0 Å². The summed E-state index contributed by atoms with van der Waals surface area (Å²) in [6, 6.07) is 44.2. The van der Waals surface area contributed by atoms with Gasteiger partial charge in [-0.15, -0.1) is 0 Å². The van der Waals surface area contributed by atoms with Gasteiger partial charge in [-0.05, 0) is 86.3 Å². The lowest BCUT2D eigenvalue weighted by Crippen LogP contribution is -2.07. The van der Waals surface area contributed by atoms with Crippen molar-refractivity contribution < 1.29 is 4.42 Å². The van der Waals surface area contributed by atoms with E-state index in [1.165, 1.54) is 16.2 Å². The van der Waals surface area contributed by atoms with Crippen molar-refractivity contribution in [1.29, 1.82) is 0 Å². The third kappa shape index (κ3) is 7.33. The van der Waals surface area contributed by atoms with E-state index in [0.717, 1.165) is 60.9 Å². The van der Waals surface area contributed by atoms with E-state index < -0.39 is 0 Å². The first-order valence-electron chi connectivity index (χ1n) is 17.3. The summed E-state index contributed by atoms with van der Waals surface area (Å²) >= 11 is 0. The van der Waals surface area contributed by atoms with Gasteiger partial charge in [0.25, 0.3) is 0 Å². The molecule has 52 heavy (non-hydrogen) atoms. The summed E-state index contributed by atoms with van der Waals surface area (Å²) in [4.78, 5) is 2.09. The van der Waals surface area contributed by atoms with Crippen LogP contribution < -0.4 is 0 Å². The largest absolute Gasteiger partial charge is 0.455 e. The molecule has 0 saturated carbocycles. The van der Waals surface area contributed by atoms with Crippen molar-refractivity contribution >= 4 is 60.7 Å². The van der Waals surface area contributed by atoms with Gasteiger partial charge in [-0.3, -0.25) is 0 Å². The summed E-state index contributed by atoms with van der Waals surface area (Å²) < 4.78 is 6.58. The number of nitrogens with zero attached hydrogens (tertiary/aromatic N) is 1. The molecule has 1 aromatic heterocycles. The Hall–Kier alpha value is -6.90. The Morgan fingerprint density at radius 2 is 1.17 bits per heavy atom. The fourth-order valence-corrected chi connectivity index (χ4v) is 6.42. The van der Waals surface area contributed by atoms with E-state index in [0.29, 0.717) is 0 Å².